The molecule has 1 unspecified atom stereocenters. The lowest BCUT2D eigenvalue weighted by Crippen LogP contribution is -2.12. The van der Waals surface area contributed by atoms with Crippen LogP contribution in [0.4, 0.5) is 5.69 Å². The van der Waals surface area contributed by atoms with Crippen molar-refractivity contribution in [2.75, 3.05) is 6.61 Å². The summed E-state index contributed by atoms with van der Waals surface area (Å²) in [7, 11) is 0. The van der Waals surface area contributed by atoms with E-state index in [9.17, 15) is 10.1 Å². The van der Waals surface area contributed by atoms with Gasteiger partial charge in [0, 0.05) is 22.5 Å². The average molecular weight is 358 g/mol. The Morgan fingerprint density at radius 1 is 1.18 bits per heavy atom. The molecule has 0 saturated carbocycles. The van der Waals surface area contributed by atoms with E-state index < -0.39 is 11.4 Å². The molecule has 0 saturated heterocycles. The highest BCUT2D eigenvalue weighted by atomic mass is 35.5. The third kappa shape index (κ3) is 4.05. The van der Waals surface area contributed by atoms with Crippen LogP contribution in [0.2, 0.25) is 5.02 Å². The maximum Gasteiger partial charge on any atom is 0.269 e. The highest BCUT2D eigenvalue weighted by Gasteiger charge is 2.23. The first-order valence-electron chi connectivity index (χ1n) is 6.39. The summed E-state index contributed by atoms with van der Waals surface area (Å²) in [5.41, 5.74) is -0.0106. The highest BCUT2D eigenvalue weighted by Crippen LogP contribution is 2.47. The molecule has 0 bridgehead atoms. The molecule has 0 fully saturated rings. The van der Waals surface area contributed by atoms with Crippen molar-refractivity contribution in [1.82, 2.24) is 0 Å². The van der Waals surface area contributed by atoms with Gasteiger partial charge in [-0.15, -0.1) is 0 Å². The second-order valence-corrected chi connectivity index (χ2v) is 8.06. The summed E-state index contributed by atoms with van der Waals surface area (Å²) in [5.74, 6) is 0.428. The fraction of sp³-hybridized carbons (Fsp3) is 0.143. The van der Waals surface area contributed by atoms with Gasteiger partial charge in [-0.1, -0.05) is 11.6 Å². The summed E-state index contributed by atoms with van der Waals surface area (Å²) < 4.78 is 11.5. The molecule has 0 aliphatic rings. The summed E-state index contributed by atoms with van der Waals surface area (Å²) >= 11 is 11.4. The third-order valence-corrected chi connectivity index (χ3v) is 6.12. The number of nitro groups is 1. The topological polar surface area (TPSA) is 61.6 Å². The minimum Gasteiger partial charge on any atom is -0.440 e. The van der Waals surface area contributed by atoms with Gasteiger partial charge >= 0.3 is 0 Å². The predicted molar refractivity (Wildman–Crippen MR) is 90.7 cm³/mol. The summed E-state index contributed by atoms with van der Waals surface area (Å²) in [4.78, 5) is 10.2. The molecule has 5 nitrogen and oxygen atoms in total. The molecule has 8 heteroatoms. The molecule has 0 heterocycles. The van der Waals surface area contributed by atoms with Crippen LogP contribution in [0.15, 0.2) is 48.5 Å². The fourth-order valence-electron chi connectivity index (χ4n) is 1.71. The number of halogens is 1. The molecular weight excluding hydrogens is 345 g/mol. The molecule has 0 N–H and O–H groups in total. The van der Waals surface area contributed by atoms with E-state index in [0.29, 0.717) is 17.4 Å². The Hall–Kier alpha value is -1.46. The quantitative estimate of drug-likeness (QED) is 0.438. The van der Waals surface area contributed by atoms with E-state index >= 15 is 0 Å². The van der Waals surface area contributed by atoms with Gasteiger partial charge in [0.25, 0.3) is 12.2 Å². The molecule has 1 atom stereocenters. The molecule has 2 rings (SSSR count). The average Bonchev–Trinajstić information content (AvgIpc) is 2.48. The van der Waals surface area contributed by atoms with Crippen molar-refractivity contribution >= 4 is 40.9 Å². The normalized spacial score (nSPS) is 13.4. The Morgan fingerprint density at radius 2 is 1.77 bits per heavy atom. The van der Waals surface area contributed by atoms with Crippen LogP contribution in [0.5, 0.6) is 5.75 Å². The molecule has 2 aromatic rings. The van der Waals surface area contributed by atoms with E-state index in [4.69, 9.17) is 32.5 Å². The second-order valence-electron chi connectivity index (χ2n) is 4.23. The number of nitro benzene ring substituents is 1. The Labute approximate surface area is 138 Å². The molecular formula is C14H13ClNO4PS. The lowest BCUT2D eigenvalue weighted by molar-refractivity contribution is -0.384. The fourth-order valence-corrected chi connectivity index (χ4v) is 4.34. The minimum atomic E-state index is -2.75. The Bertz CT molecular complexity index is 706. The maximum atomic E-state index is 10.7. The molecule has 2 aromatic carbocycles. The van der Waals surface area contributed by atoms with E-state index in [1.165, 1.54) is 24.3 Å². The predicted octanol–water partition coefficient (Wildman–Crippen LogP) is 4.30. The summed E-state index contributed by atoms with van der Waals surface area (Å²) in [6, 6.07) is 12.7. The first-order chi connectivity index (χ1) is 10.4. The third-order valence-electron chi connectivity index (χ3n) is 2.72. The summed E-state index contributed by atoms with van der Waals surface area (Å²) in [6.07, 6.45) is 0. The molecule has 0 radical (unpaired) electrons. The Kier molecular flexibility index (Phi) is 5.53. The van der Waals surface area contributed by atoms with Crippen LogP contribution in [0.3, 0.4) is 0 Å². The monoisotopic (exact) mass is 357 g/mol. The van der Waals surface area contributed by atoms with Crippen molar-refractivity contribution in [2.45, 2.75) is 6.92 Å². The zero-order chi connectivity index (χ0) is 16.2. The van der Waals surface area contributed by atoms with Gasteiger partial charge in [0.15, 0.2) is 0 Å². The van der Waals surface area contributed by atoms with Crippen molar-refractivity contribution in [3.63, 3.8) is 0 Å². The SMILES string of the molecule is CCOP(=S)(Oc1ccc([N+](=O)[O-])cc1)c1ccc(Cl)cc1. The second kappa shape index (κ2) is 7.20. The molecule has 0 aliphatic carbocycles. The number of rotatable bonds is 6. The van der Waals surface area contributed by atoms with Crippen LogP contribution in [0, 0.1) is 10.1 Å². The molecule has 0 spiro atoms. The number of non-ortho nitro benzene ring substituents is 1. The summed E-state index contributed by atoms with van der Waals surface area (Å²) in [5, 5.41) is 12.0. The van der Waals surface area contributed by atoms with Crippen molar-refractivity contribution in [2.24, 2.45) is 0 Å². The Morgan fingerprint density at radius 3 is 2.27 bits per heavy atom. The van der Waals surface area contributed by atoms with Crippen molar-refractivity contribution in [1.29, 1.82) is 0 Å². The largest absolute Gasteiger partial charge is 0.440 e. The van der Waals surface area contributed by atoms with Gasteiger partial charge in [-0.05, 0) is 55.1 Å². The number of hydrogen-bond donors (Lipinski definition) is 0. The van der Waals surface area contributed by atoms with E-state index in [1.807, 2.05) is 6.92 Å². The minimum absolute atomic E-state index is 0.0106. The first-order valence-corrected chi connectivity index (χ1v) is 9.41. The molecule has 0 aromatic heterocycles. The van der Waals surface area contributed by atoms with Crippen molar-refractivity contribution in [3.8, 4) is 5.75 Å². The van der Waals surface area contributed by atoms with Crippen LogP contribution in [0.25, 0.3) is 0 Å². The van der Waals surface area contributed by atoms with Crippen molar-refractivity contribution < 1.29 is 14.0 Å². The zero-order valence-corrected chi connectivity index (χ0v) is 14.1. The van der Waals surface area contributed by atoms with E-state index in [-0.39, 0.29) is 5.69 Å². The molecule has 0 aliphatic heterocycles. The van der Waals surface area contributed by atoms with Gasteiger partial charge in [-0.25, -0.2) is 0 Å². The smallest absolute Gasteiger partial charge is 0.269 e. The first kappa shape index (κ1) is 16.9. The van der Waals surface area contributed by atoms with Crippen molar-refractivity contribution in [3.05, 3.63) is 63.7 Å². The highest BCUT2D eigenvalue weighted by molar-refractivity contribution is 8.13. The Balaban J connectivity index is 2.29. The zero-order valence-electron chi connectivity index (χ0n) is 11.6. The van der Waals surface area contributed by atoms with Gasteiger partial charge in [-0.3, -0.25) is 10.1 Å². The van der Waals surface area contributed by atoms with Crippen LogP contribution in [-0.2, 0) is 16.3 Å². The van der Waals surface area contributed by atoms with E-state index in [0.717, 1.165) is 5.30 Å². The van der Waals surface area contributed by atoms with Crippen LogP contribution >= 0.6 is 18.1 Å². The van der Waals surface area contributed by atoms with Gasteiger partial charge in [0.2, 0.25) is 0 Å². The summed E-state index contributed by atoms with van der Waals surface area (Å²) in [6.45, 7) is -0.522. The van der Waals surface area contributed by atoms with Gasteiger partial charge < -0.3 is 9.05 Å². The molecule has 116 valence electrons. The van der Waals surface area contributed by atoms with Gasteiger partial charge in [0.1, 0.15) is 5.75 Å². The van der Waals surface area contributed by atoms with E-state index in [2.05, 4.69) is 0 Å². The lowest BCUT2D eigenvalue weighted by Gasteiger charge is -2.22. The van der Waals surface area contributed by atoms with E-state index in [1.54, 1.807) is 24.3 Å². The van der Waals surface area contributed by atoms with Crippen LogP contribution < -0.4 is 9.83 Å². The molecule has 22 heavy (non-hydrogen) atoms. The molecule has 0 amide bonds. The number of benzene rings is 2. The van der Waals surface area contributed by atoms with Gasteiger partial charge in [0.05, 0.1) is 11.5 Å². The van der Waals surface area contributed by atoms with Crippen LogP contribution in [0.1, 0.15) is 6.92 Å². The maximum absolute atomic E-state index is 10.7. The number of nitrogens with zero attached hydrogens (tertiary/aromatic N) is 1. The number of hydrogen-bond acceptors (Lipinski definition) is 5. The standard InChI is InChI=1S/C14H13ClNO4PS/c1-2-19-21(22,14-9-3-11(15)4-10-14)20-13-7-5-12(6-8-13)16(17)18/h3-10H,2H2,1H3. The van der Waals surface area contributed by atoms with Gasteiger partial charge in [-0.2, -0.15) is 0 Å². The lowest BCUT2D eigenvalue weighted by atomic mass is 10.3. The van der Waals surface area contributed by atoms with Crippen LogP contribution in [-0.4, -0.2) is 11.5 Å².